The fraction of sp³-hybridized carbons (Fsp3) is 0.562. The third-order valence-corrected chi connectivity index (χ3v) is 4.27. The Balaban J connectivity index is 1.91. The first kappa shape index (κ1) is 15.8. The van der Waals surface area contributed by atoms with E-state index in [1.807, 2.05) is 12.1 Å². The number of methoxy groups -OCH3 is 1. The Morgan fingerprint density at radius 2 is 2.24 bits per heavy atom. The summed E-state index contributed by atoms with van der Waals surface area (Å²) >= 11 is 0. The second kappa shape index (κ2) is 7.43. The van der Waals surface area contributed by atoms with Crippen molar-refractivity contribution in [3.8, 4) is 5.75 Å². The molecule has 1 saturated carbocycles. The molecule has 1 amide bonds. The lowest BCUT2D eigenvalue weighted by atomic mass is 9.95. The van der Waals surface area contributed by atoms with Crippen LogP contribution in [0.15, 0.2) is 24.3 Å². The minimum atomic E-state index is -0.775. The van der Waals surface area contributed by atoms with Crippen molar-refractivity contribution in [3.63, 3.8) is 0 Å². The van der Waals surface area contributed by atoms with Gasteiger partial charge < -0.3 is 20.9 Å². The predicted molar refractivity (Wildman–Crippen MR) is 80.8 cm³/mol. The van der Waals surface area contributed by atoms with E-state index in [1.165, 1.54) is 0 Å². The van der Waals surface area contributed by atoms with Crippen molar-refractivity contribution in [2.24, 2.45) is 17.6 Å². The number of nitrogens with one attached hydrogen (secondary N) is 1. The molecule has 1 aromatic rings. The molecule has 116 valence electrons. The van der Waals surface area contributed by atoms with E-state index >= 15 is 0 Å². The number of hydrogen-bond acceptors (Lipinski definition) is 4. The Morgan fingerprint density at radius 3 is 2.95 bits per heavy atom. The van der Waals surface area contributed by atoms with Gasteiger partial charge in [0.25, 0.3) is 0 Å². The summed E-state index contributed by atoms with van der Waals surface area (Å²) in [4.78, 5) is 12.2. The molecular formula is C16H24N2O3. The summed E-state index contributed by atoms with van der Waals surface area (Å²) in [5.41, 5.74) is 6.38. The van der Waals surface area contributed by atoms with Crippen LogP contribution in [0.1, 0.15) is 30.9 Å². The van der Waals surface area contributed by atoms with Crippen molar-refractivity contribution in [1.29, 1.82) is 0 Å². The maximum Gasteiger partial charge on any atom is 0.223 e. The van der Waals surface area contributed by atoms with E-state index in [0.717, 1.165) is 19.3 Å². The molecule has 0 saturated heterocycles. The zero-order chi connectivity index (χ0) is 15.2. The summed E-state index contributed by atoms with van der Waals surface area (Å²) < 4.78 is 5.22. The maximum atomic E-state index is 12.2. The normalized spacial score (nSPS) is 22.8. The number of para-hydroxylation sites is 1. The number of aliphatic hydroxyl groups excluding tert-OH is 1. The number of aliphatic hydroxyl groups is 1. The van der Waals surface area contributed by atoms with Crippen molar-refractivity contribution in [2.45, 2.75) is 25.4 Å². The Hall–Kier alpha value is -1.59. The van der Waals surface area contributed by atoms with Crippen LogP contribution in [0, 0.1) is 11.8 Å². The Kier molecular flexibility index (Phi) is 5.59. The van der Waals surface area contributed by atoms with Crippen molar-refractivity contribution in [3.05, 3.63) is 29.8 Å². The molecule has 0 radical (unpaired) electrons. The third-order valence-electron chi connectivity index (χ3n) is 4.27. The second-order valence-corrected chi connectivity index (χ2v) is 5.54. The van der Waals surface area contributed by atoms with E-state index in [4.69, 9.17) is 10.5 Å². The average Bonchev–Trinajstić information content (AvgIpc) is 3.00. The van der Waals surface area contributed by atoms with Gasteiger partial charge in [0.05, 0.1) is 13.2 Å². The molecule has 1 fully saturated rings. The summed E-state index contributed by atoms with van der Waals surface area (Å²) in [6.07, 6.45) is 2.18. The third kappa shape index (κ3) is 3.74. The lowest BCUT2D eigenvalue weighted by molar-refractivity contribution is -0.126. The average molecular weight is 292 g/mol. The van der Waals surface area contributed by atoms with Gasteiger partial charge in [-0.05, 0) is 31.4 Å². The second-order valence-electron chi connectivity index (χ2n) is 5.54. The van der Waals surface area contributed by atoms with Gasteiger partial charge in [0.1, 0.15) is 5.75 Å². The molecular weight excluding hydrogens is 268 g/mol. The van der Waals surface area contributed by atoms with Gasteiger partial charge in [-0.1, -0.05) is 24.6 Å². The molecule has 1 aromatic carbocycles. The lowest BCUT2D eigenvalue weighted by Gasteiger charge is -2.20. The number of benzene rings is 1. The molecule has 0 heterocycles. The molecule has 3 atom stereocenters. The van der Waals surface area contributed by atoms with Crippen molar-refractivity contribution < 1.29 is 14.6 Å². The Bertz CT molecular complexity index is 478. The quantitative estimate of drug-likeness (QED) is 0.736. The SMILES string of the molecule is COc1ccccc1C(O)CNC(=O)[C@@H]1CCC[C@@H]1CN. The lowest BCUT2D eigenvalue weighted by Crippen LogP contribution is -2.37. The Morgan fingerprint density at radius 1 is 1.48 bits per heavy atom. The molecule has 0 aromatic heterocycles. The molecule has 1 aliphatic carbocycles. The monoisotopic (exact) mass is 292 g/mol. The van der Waals surface area contributed by atoms with Crippen LogP contribution < -0.4 is 15.8 Å². The van der Waals surface area contributed by atoms with E-state index in [0.29, 0.717) is 17.9 Å². The Labute approximate surface area is 125 Å². The predicted octanol–water partition coefficient (Wildman–Crippen LogP) is 1.22. The molecule has 21 heavy (non-hydrogen) atoms. The summed E-state index contributed by atoms with van der Waals surface area (Å²) in [5.74, 6) is 0.880. The van der Waals surface area contributed by atoms with Gasteiger partial charge >= 0.3 is 0 Å². The number of carbonyl (C=O) groups is 1. The van der Waals surface area contributed by atoms with E-state index in [9.17, 15) is 9.90 Å². The van der Waals surface area contributed by atoms with Crippen LogP contribution in [0.2, 0.25) is 0 Å². The van der Waals surface area contributed by atoms with E-state index < -0.39 is 6.10 Å². The van der Waals surface area contributed by atoms with Crippen molar-refractivity contribution in [2.75, 3.05) is 20.2 Å². The van der Waals surface area contributed by atoms with Gasteiger partial charge in [0.15, 0.2) is 0 Å². The first-order chi connectivity index (χ1) is 10.2. The molecule has 0 bridgehead atoms. The highest BCUT2D eigenvalue weighted by Crippen LogP contribution is 2.31. The van der Waals surface area contributed by atoms with Crippen LogP contribution >= 0.6 is 0 Å². The van der Waals surface area contributed by atoms with Crippen molar-refractivity contribution in [1.82, 2.24) is 5.32 Å². The zero-order valence-corrected chi connectivity index (χ0v) is 12.4. The van der Waals surface area contributed by atoms with Gasteiger partial charge in [-0.3, -0.25) is 4.79 Å². The first-order valence-corrected chi connectivity index (χ1v) is 7.46. The highest BCUT2D eigenvalue weighted by Gasteiger charge is 2.32. The highest BCUT2D eigenvalue weighted by atomic mass is 16.5. The molecule has 2 rings (SSSR count). The van der Waals surface area contributed by atoms with Crippen LogP contribution in [-0.2, 0) is 4.79 Å². The van der Waals surface area contributed by atoms with Crippen LogP contribution in [0.25, 0.3) is 0 Å². The smallest absolute Gasteiger partial charge is 0.223 e. The van der Waals surface area contributed by atoms with Gasteiger partial charge in [-0.15, -0.1) is 0 Å². The number of rotatable bonds is 6. The first-order valence-electron chi connectivity index (χ1n) is 7.46. The number of hydrogen-bond donors (Lipinski definition) is 3. The van der Waals surface area contributed by atoms with Crippen LogP contribution in [0.4, 0.5) is 0 Å². The van der Waals surface area contributed by atoms with E-state index in [-0.39, 0.29) is 24.3 Å². The highest BCUT2D eigenvalue weighted by molar-refractivity contribution is 5.79. The summed E-state index contributed by atoms with van der Waals surface area (Å²) in [5, 5.41) is 13.1. The largest absolute Gasteiger partial charge is 0.496 e. The molecule has 1 aliphatic rings. The molecule has 4 N–H and O–H groups in total. The molecule has 0 aliphatic heterocycles. The van der Waals surface area contributed by atoms with Gasteiger partial charge in [0.2, 0.25) is 5.91 Å². The van der Waals surface area contributed by atoms with Gasteiger partial charge in [0, 0.05) is 18.0 Å². The van der Waals surface area contributed by atoms with Crippen LogP contribution in [0.5, 0.6) is 5.75 Å². The molecule has 1 unspecified atom stereocenters. The standard InChI is InChI=1S/C16H24N2O3/c1-21-15-8-3-2-6-13(15)14(19)10-18-16(20)12-7-4-5-11(12)9-17/h2-3,6,8,11-12,14,19H,4-5,7,9-10,17H2,1H3,(H,18,20)/t11-,12-,14?/m1/s1. The summed E-state index contributed by atoms with van der Waals surface area (Å²) in [7, 11) is 1.56. The van der Waals surface area contributed by atoms with Gasteiger partial charge in [-0.25, -0.2) is 0 Å². The zero-order valence-electron chi connectivity index (χ0n) is 12.4. The van der Waals surface area contributed by atoms with E-state index in [2.05, 4.69) is 5.32 Å². The fourth-order valence-corrected chi connectivity index (χ4v) is 3.04. The number of ether oxygens (including phenoxy) is 1. The van der Waals surface area contributed by atoms with Crippen LogP contribution in [-0.4, -0.2) is 31.2 Å². The minimum Gasteiger partial charge on any atom is -0.496 e. The summed E-state index contributed by atoms with van der Waals surface area (Å²) in [6, 6.07) is 7.28. The molecule has 5 nitrogen and oxygen atoms in total. The summed E-state index contributed by atoms with van der Waals surface area (Å²) in [6.45, 7) is 0.736. The number of carbonyl (C=O) groups excluding carboxylic acids is 1. The van der Waals surface area contributed by atoms with E-state index in [1.54, 1.807) is 19.2 Å². The topological polar surface area (TPSA) is 84.6 Å². The maximum absolute atomic E-state index is 12.2. The number of nitrogens with two attached hydrogens (primary N) is 1. The van der Waals surface area contributed by atoms with Crippen LogP contribution in [0.3, 0.4) is 0 Å². The van der Waals surface area contributed by atoms with Gasteiger partial charge in [-0.2, -0.15) is 0 Å². The van der Waals surface area contributed by atoms with Crippen molar-refractivity contribution >= 4 is 5.91 Å². The molecule has 5 heteroatoms. The number of amides is 1. The minimum absolute atomic E-state index is 0.00287. The fourth-order valence-electron chi connectivity index (χ4n) is 3.04. The molecule has 0 spiro atoms.